The summed E-state index contributed by atoms with van der Waals surface area (Å²) in [5, 5.41) is 0. The van der Waals surface area contributed by atoms with Crippen LogP contribution in [0.3, 0.4) is 0 Å². The summed E-state index contributed by atoms with van der Waals surface area (Å²) in [7, 11) is 0. The number of rotatable bonds is 8. The van der Waals surface area contributed by atoms with Crippen LogP contribution < -0.4 is 4.74 Å². The van der Waals surface area contributed by atoms with Crippen LogP contribution in [-0.2, 0) is 20.7 Å². The Balaban J connectivity index is 1.91. The van der Waals surface area contributed by atoms with E-state index in [9.17, 15) is 9.59 Å². The lowest BCUT2D eigenvalue weighted by molar-refractivity contribution is -0.137. The highest BCUT2D eigenvalue weighted by atomic mass is 16.5. The lowest BCUT2D eigenvalue weighted by Crippen LogP contribution is -2.07. The average molecular weight is 350 g/mol. The van der Waals surface area contributed by atoms with Gasteiger partial charge in [-0.05, 0) is 48.6 Å². The molecule has 0 heterocycles. The van der Waals surface area contributed by atoms with Gasteiger partial charge in [-0.3, -0.25) is 0 Å². The van der Waals surface area contributed by atoms with E-state index in [0.29, 0.717) is 17.9 Å². The van der Waals surface area contributed by atoms with Crippen LogP contribution in [-0.4, -0.2) is 18.5 Å². The van der Waals surface area contributed by atoms with Crippen molar-refractivity contribution < 1.29 is 19.1 Å². The highest BCUT2D eigenvalue weighted by Gasteiger charge is 2.06. The van der Waals surface area contributed by atoms with E-state index in [0.717, 1.165) is 24.0 Å². The van der Waals surface area contributed by atoms with Crippen molar-refractivity contribution in [1.29, 1.82) is 0 Å². The van der Waals surface area contributed by atoms with Gasteiger partial charge in [0.2, 0.25) is 0 Å². The lowest BCUT2D eigenvalue weighted by atomic mass is 10.0. The molecule has 0 atom stereocenters. The van der Waals surface area contributed by atoms with E-state index < -0.39 is 11.9 Å². The molecule has 26 heavy (non-hydrogen) atoms. The van der Waals surface area contributed by atoms with Gasteiger partial charge in [-0.15, -0.1) is 0 Å². The van der Waals surface area contributed by atoms with Crippen LogP contribution >= 0.6 is 0 Å². The molecule has 0 fully saturated rings. The van der Waals surface area contributed by atoms with Crippen LogP contribution in [0.5, 0.6) is 5.75 Å². The standard InChI is InChI=1S/C22H22O4/c1-4-21(23)25-15-5-6-17-7-9-18(10-8-17)19-11-13-20(14-12-19)26-22(24)16(2)3/h4,7-14H,1-2,5-6,15H2,3H3. The Bertz CT molecular complexity index is 786. The molecule has 0 bridgehead atoms. The highest BCUT2D eigenvalue weighted by molar-refractivity contribution is 5.88. The molecule has 0 aliphatic rings. The third-order valence-electron chi connectivity index (χ3n) is 3.72. The lowest BCUT2D eigenvalue weighted by Gasteiger charge is -2.07. The van der Waals surface area contributed by atoms with Crippen LogP contribution in [0.4, 0.5) is 0 Å². The molecule has 0 unspecified atom stereocenters. The molecule has 0 spiro atoms. The van der Waals surface area contributed by atoms with Crippen molar-refractivity contribution in [2.24, 2.45) is 0 Å². The van der Waals surface area contributed by atoms with Gasteiger partial charge in [0.15, 0.2) is 0 Å². The van der Waals surface area contributed by atoms with Gasteiger partial charge in [-0.25, -0.2) is 9.59 Å². The summed E-state index contributed by atoms with van der Waals surface area (Å²) in [6.45, 7) is 8.92. The second kappa shape index (κ2) is 9.37. The van der Waals surface area contributed by atoms with Crippen molar-refractivity contribution in [3.63, 3.8) is 0 Å². The third-order valence-corrected chi connectivity index (χ3v) is 3.72. The molecule has 0 saturated heterocycles. The molecule has 4 heteroatoms. The van der Waals surface area contributed by atoms with Crippen LogP contribution in [0.15, 0.2) is 73.3 Å². The monoisotopic (exact) mass is 350 g/mol. The largest absolute Gasteiger partial charge is 0.463 e. The minimum Gasteiger partial charge on any atom is -0.463 e. The molecule has 2 aromatic rings. The number of ether oxygens (including phenoxy) is 2. The van der Waals surface area contributed by atoms with E-state index in [2.05, 4.69) is 25.3 Å². The zero-order valence-electron chi connectivity index (χ0n) is 14.9. The molecule has 0 aliphatic heterocycles. The van der Waals surface area contributed by atoms with Crippen molar-refractivity contribution in [3.05, 3.63) is 78.9 Å². The van der Waals surface area contributed by atoms with Crippen LogP contribution in [0, 0.1) is 0 Å². The van der Waals surface area contributed by atoms with E-state index in [1.54, 1.807) is 19.1 Å². The first-order valence-corrected chi connectivity index (χ1v) is 8.36. The number of aryl methyl sites for hydroxylation is 1. The number of hydrogen-bond acceptors (Lipinski definition) is 4. The summed E-state index contributed by atoms with van der Waals surface area (Å²) in [5.74, 6) is -0.328. The Labute approximate surface area is 153 Å². The number of benzene rings is 2. The maximum atomic E-state index is 11.5. The Hall–Kier alpha value is -3.14. The maximum Gasteiger partial charge on any atom is 0.338 e. The number of hydrogen-bond donors (Lipinski definition) is 0. The van der Waals surface area contributed by atoms with Gasteiger partial charge in [0.05, 0.1) is 6.61 Å². The normalized spacial score (nSPS) is 10.0. The highest BCUT2D eigenvalue weighted by Crippen LogP contribution is 2.23. The van der Waals surface area contributed by atoms with Crippen molar-refractivity contribution in [1.82, 2.24) is 0 Å². The summed E-state index contributed by atoms with van der Waals surface area (Å²) in [6.07, 6.45) is 2.77. The Kier molecular flexibility index (Phi) is 6.92. The third kappa shape index (κ3) is 5.74. The second-order valence-electron chi connectivity index (χ2n) is 5.87. The molecular weight excluding hydrogens is 328 g/mol. The molecule has 0 amide bonds. The molecule has 0 radical (unpaired) electrons. The molecule has 0 aromatic heterocycles. The molecule has 2 aromatic carbocycles. The van der Waals surface area contributed by atoms with Gasteiger partial charge in [0.1, 0.15) is 5.75 Å². The fourth-order valence-corrected chi connectivity index (χ4v) is 2.28. The second-order valence-corrected chi connectivity index (χ2v) is 5.87. The van der Waals surface area contributed by atoms with E-state index in [1.807, 2.05) is 24.3 Å². The molecule has 0 saturated carbocycles. The molecule has 0 aliphatic carbocycles. The van der Waals surface area contributed by atoms with Gasteiger partial charge >= 0.3 is 11.9 Å². The Morgan fingerprint density at radius 1 is 1.00 bits per heavy atom. The number of carbonyl (C=O) groups is 2. The molecule has 0 N–H and O–H groups in total. The van der Waals surface area contributed by atoms with E-state index in [-0.39, 0.29) is 0 Å². The Morgan fingerprint density at radius 3 is 2.12 bits per heavy atom. The summed E-state index contributed by atoms with van der Waals surface area (Å²) >= 11 is 0. The minimum absolute atomic E-state index is 0.365. The van der Waals surface area contributed by atoms with E-state index in [1.165, 1.54) is 11.6 Å². The average Bonchev–Trinajstić information content (AvgIpc) is 2.66. The van der Waals surface area contributed by atoms with Gasteiger partial charge in [-0.2, -0.15) is 0 Å². The first-order valence-electron chi connectivity index (χ1n) is 8.36. The van der Waals surface area contributed by atoms with Crippen LogP contribution in [0.2, 0.25) is 0 Å². The summed E-state index contributed by atoms with van der Waals surface area (Å²) < 4.78 is 10.1. The fourth-order valence-electron chi connectivity index (χ4n) is 2.28. The zero-order chi connectivity index (χ0) is 18.9. The van der Waals surface area contributed by atoms with Crippen molar-refractivity contribution in [3.8, 4) is 16.9 Å². The predicted molar refractivity (Wildman–Crippen MR) is 102 cm³/mol. The summed E-state index contributed by atoms with van der Waals surface area (Å²) in [4.78, 5) is 22.5. The van der Waals surface area contributed by atoms with Gasteiger partial charge in [-0.1, -0.05) is 49.6 Å². The van der Waals surface area contributed by atoms with Crippen molar-refractivity contribution in [2.45, 2.75) is 19.8 Å². The van der Waals surface area contributed by atoms with E-state index in [4.69, 9.17) is 9.47 Å². The van der Waals surface area contributed by atoms with Crippen molar-refractivity contribution in [2.75, 3.05) is 6.61 Å². The number of esters is 2. The quantitative estimate of drug-likeness (QED) is 0.304. The SMILES string of the molecule is C=CC(=O)OCCCc1ccc(-c2ccc(OC(=O)C(=C)C)cc2)cc1. The first-order chi connectivity index (χ1) is 12.5. The van der Waals surface area contributed by atoms with Crippen LogP contribution in [0.25, 0.3) is 11.1 Å². The van der Waals surface area contributed by atoms with Crippen LogP contribution in [0.1, 0.15) is 18.9 Å². The minimum atomic E-state index is -0.430. The van der Waals surface area contributed by atoms with E-state index >= 15 is 0 Å². The molecular formula is C22H22O4. The Morgan fingerprint density at radius 2 is 1.58 bits per heavy atom. The van der Waals surface area contributed by atoms with Gasteiger partial charge in [0, 0.05) is 11.6 Å². The van der Waals surface area contributed by atoms with Gasteiger partial charge < -0.3 is 9.47 Å². The number of carbonyl (C=O) groups excluding carboxylic acids is 2. The topological polar surface area (TPSA) is 52.6 Å². The smallest absolute Gasteiger partial charge is 0.338 e. The molecule has 2 rings (SSSR count). The fraction of sp³-hybridized carbons (Fsp3) is 0.182. The maximum absolute atomic E-state index is 11.5. The summed E-state index contributed by atoms with van der Waals surface area (Å²) in [5.41, 5.74) is 3.65. The zero-order valence-corrected chi connectivity index (χ0v) is 14.9. The summed E-state index contributed by atoms with van der Waals surface area (Å²) in [6, 6.07) is 15.5. The predicted octanol–water partition coefficient (Wildman–Crippen LogP) is 4.50. The molecule has 4 nitrogen and oxygen atoms in total. The molecule has 134 valence electrons. The van der Waals surface area contributed by atoms with Gasteiger partial charge in [0.25, 0.3) is 0 Å². The van der Waals surface area contributed by atoms with Crippen molar-refractivity contribution >= 4 is 11.9 Å². The first kappa shape index (κ1) is 19.2.